The maximum Gasteiger partial charge on any atom is 0.103 e. The summed E-state index contributed by atoms with van der Waals surface area (Å²) in [5, 5.41) is 3.64. The first-order chi connectivity index (χ1) is 7.39. The van der Waals surface area contributed by atoms with Crippen molar-refractivity contribution in [1.29, 1.82) is 0 Å². The fourth-order valence-corrected chi connectivity index (χ4v) is 1.57. The molecule has 0 bridgehead atoms. The second-order valence-electron chi connectivity index (χ2n) is 5.77. The highest BCUT2D eigenvalue weighted by Gasteiger charge is 2.21. The van der Waals surface area contributed by atoms with Gasteiger partial charge in [0.05, 0.1) is 6.26 Å². The molecule has 1 N–H and O–H groups in total. The number of aryl methyl sites for hydroxylation is 1. The molecule has 0 radical (unpaired) electrons. The van der Waals surface area contributed by atoms with Crippen LogP contribution in [0.4, 0.5) is 0 Å². The van der Waals surface area contributed by atoms with E-state index >= 15 is 0 Å². The smallest absolute Gasteiger partial charge is 0.103 e. The Kier molecular flexibility index (Phi) is 4.60. The van der Waals surface area contributed by atoms with Gasteiger partial charge in [-0.2, -0.15) is 0 Å². The van der Waals surface area contributed by atoms with Crippen LogP contribution in [0, 0.1) is 5.41 Å². The van der Waals surface area contributed by atoms with Gasteiger partial charge in [0.15, 0.2) is 0 Å². The maximum absolute atomic E-state index is 5.33. The van der Waals surface area contributed by atoms with Gasteiger partial charge in [0.2, 0.25) is 0 Å². The second kappa shape index (κ2) is 5.53. The molecule has 2 heteroatoms. The topological polar surface area (TPSA) is 25.2 Å². The molecule has 0 saturated carbocycles. The first kappa shape index (κ1) is 13.3. The molecule has 92 valence electrons. The fourth-order valence-electron chi connectivity index (χ4n) is 1.57. The van der Waals surface area contributed by atoms with E-state index in [0.29, 0.717) is 17.5 Å². The molecule has 1 aromatic rings. The van der Waals surface area contributed by atoms with E-state index in [0.717, 1.165) is 18.6 Å². The lowest BCUT2D eigenvalue weighted by Crippen LogP contribution is -2.42. The Morgan fingerprint density at radius 1 is 1.31 bits per heavy atom. The summed E-state index contributed by atoms with van der Waals surface area (Å²) in [5.41, 5.74) is 0.318. The van der Waals surface area contributed by atoms with Crippen LogP contribution in [0.1, 0.15) is 46.8 Å². The first-order valence-corrected chi connectivity index (χ1v) is 6.18. The summed E-state index contributed by atoms with van der Waals surface area (Å²) >= 11 is 0. The summed E-state index contributed by atoms with van der Waals surface area (Å²) in [6, 6.07) is 5.05. The van der Waals surface area contributed by atoms with Crippen LogP contribution in [0.5, 0.6) is 0 Å². The van der Waals surface area contributed by atoms with Crippen LogP contribution in [0.3, 0.4) is 0 Å². The van der Waals surface area contributed by atoms with Crippen molar-refractivity contribution in [2.45, 2.75) is 59.5 Å². The van der Waals surface area contributed by atoms with Gasteiger partial charge in [-0.15, -0.1) is 0 Å². The zero-order valence-electron chi connectivity index (χ0n) is 11.2. The Morgan fingerprint density at radius 3 is 2.50 bits per heavy atom. The third-order valence-corrected chi connectivity index (χ3v) is 3.24. The number of nitrogens with one attached hydrogen (secondary N) is 1. The second-order valence-corrected chi connectivity index (χ2v) is 5.77. The third kappa shape index (κ3) is 4.40. The average molecular weight is 223 g/mol. The monoisotopic (exact) mass is 223 g/mol. The fraction of sp³-hybridized carbons (Fsp3) is 0.714. The summed E-state index contributed by atoms with van der Waals surface area (Å²) in [4.78, 5) is 0. The molecule has 0 fully saturated rings. The largest absolute Gasteiger partial charge is 0.469 e. The standard InChI is InChI=1S/C14H25NO/c1-11(15-12(2)14(3,4)5)8-9-13-7-6-10-16-13/h6-7,10-12,15H,8-9H2,1-5H3. The van der Waals surface area contributed by atoms with Gasteiger partial charge >= 0.3 is 0 Å². The van der Waals surface area contributed by atoms with E-state index in [1.54, 1.807) is 6.26 Å². The van der Waals surface area contributed by atoms with Crippen molar-refractivity contribution in [2.75, 3.05) is 0 Å². The molecule has 0 aliphatic rings. The molecule has 0 amide bonds. The molecule has 1 aromatic heterocycles. The molecular weight excluding hydrogens is 198 g/mol. The Labute approximate surface area is 99.4 Å². The predicted molar refractivity (Wildman–Crippen MR) is 68.5 cm³/mol. The molecule has 0 aliphatic carbocycles. The van der Waals surface area contributed by atoms with Crippen molar-refractivity contribution in [1.82, 2.24) is 5.32 Å². The van der Waals surface area contributed by atoms with Crippen molar-refractivity contribution < 1.29 is 4.42 Å². The Balaban J connectivity index is 2.28. The van der Waals surface area contributed by atoms with E-state index < -0.39 is 0 Å². The predicted octanol–water partition coefficient (Wildman–Crippen LogP) is 3.62. The zero-order chi connectivity index (χ0) is 12.2. The minimum Gasteiger partial charge on any atom is -0.469 e. The highest BCUT2D eigenvalue weighted by molar-refractivity contribution is 4.98. The summed E-state index contributed by atoms with van der Waals surface area (Å²) < 4.78 is 5.33. The van der Waals surface area contributed by atoms with E-state index in [1.807, 2.05) is 12.1 Å². The van der Waals surface area contributed by atoms with Crippen LogP contribution in [0.15, 0.2) is 22.8 Å². The molecule has 1 rings (SSSR count). The van der Waals surface area contributed by atoms with Crippen LogP contribution in [-0.2, 0) is 6.42 Å². The van der Waals surface area contributed by atoms with Crippen molar-refractivity contribution >= 4 is 0 Å². The zero-order valence-corrected chi connectivity index (χ0v) is 11.2. The van der Waals surface area contributed by atoms with Crippen molar-refractivity contribution in [2.24, 2.45) is 5.41 Å². The van der Waals surface area contributed by atoms with Crippen LogP contribution in [-0.4, -0.2) is 12.1 Å². The number of rotatable bonds is 5. The van der Waals surface area contributed by atoms with Crippen LogP contribution in [0.2, 0.25) is 0 Å². The molecule has 1 heterocycles. The van der Waals surface area contributed by atoms with Gasteiger partial charge in [-0.25, -0.2) is 0 Å². The molecule has 0 aromatic carbocycles. The molecule has 16 heavy (non-hydrogen) atoms. The van der Waals surface area contributed by atoms with Gasteiger partial charge < -0.3 is 9.73 Å². The summed E-state index contributed by atoms with van der Waals surface area (Å²) in [6.07, 6.45) is 3.87. The van der Waals surface area contributed by atoms with Crippen LogP contribution < -0.4 is 5.32 Å². The van der Waals surface area contributed by atoms with Gasteiger partial charge in [0.1, 0.15) is 5.76 Å². The average Bonchev–Trinajstić information content (AvgIpc) is 2.65. The van der Waals surface area contributed by atoms with E-state index in [-0.39, 0.29) is 0 Å². The normalized spacial score (nSPS) is 16.1. The number of furan rings is 1. The minimum absolute atomic E-state index is 0.318. The molecule has 0 spiro atoms. The Bertz CT molecular complexity index is 284. The molecule has 2 nitrogen and oxygen atoms in total. The Morgan fingerprint density at radius 2 is 2.00 bits per heavy atom. The van der Waals surface area contributed by atoms with Gasteiger partial charge in [0, 0.05) is 18.5 Å². The summed E-state index contributed by atoms with van der Waals surface area (Å²) in [5.74, 6) is 1.08. The third-order valence-electron chi connectivity index (χ3n) is 3.24. The maximum atomic E-state index is 5.33. The lowest BCUT2D eigenvalue weighted by atomic mass is 9.87. The van der Waals surface area contributed by atoms with E-state index in [4.69, 9.17) is 4.42 Å². The number of hydrogen-bond acceptors (Lipinski definition) is 2. The summed E-state index contributed by atoms with van der Waals surface area (Å²) in [7, 11) is 0. The van der Waals surface area contributed by atoms with Gasteiger partial charge in [-0.05, 0) is 37.8 Å². The van der Waals surface area contributed by atoms with Crippen molar-refractivity contribution in [3.63, 3.8) is 0 Å². The first-order valence-electron chi connectivity index (χ1n) is 6.18. The highest BCUT2D eigenvalue weighted by atomic mass is 16.3. The van der Waals surface area contributed by atoms with Crippen molar-refractivity contribution in [3.8, 4) is 0 Å². The van der Waals surface area contributed by atoms with Crippen LogP contribution >= 0.6 is 0 Å². The van der Waals surface area contributed by atoms with E-state index in [2.05, 4.69) is 39.9 Å². The van der Waals surface area contributed by atoms with Gasteiger partial charge in [-0.3, -0.25) is 0 Å². The molecular formula is C14H25NO. The lowest BCUT2D eigenvalue weighted by Gasteiger charge is -2.31. The minimum atomic E-state index is 0.318. The lowest BCUT2D eigenvalue weighted by molar-refractivity contribution is 0.262. The van der Waals surface area contributed by atoms with E-state index in [9.17, 15) is 0 Å². The van der Waals surface area contributed by atoms with Crippen LogP contribution in [0.25, 0.3) is 0 Å². The van der Waals surface area contributed by atoms with E-state index in [1.165, 1.54) is 0 Å². The van der Waals surface area contributed by atoms with Gasteiger partial charge in [0.25, 0.3) is 0 Å². The highest BCUT2D eigenvalue weighted by Crippen LogP contribution is 2.19. The Hall–Kier alpha value is -0.760. The molecule has 0 aliphatic heterocycles. The van der Waals surface area contributed by atoms with Gasteiger partial charge in [-0.1, -0.05) is 20.8 Å². The molecule has 2 atom stereocenters. The molecule has 0 saturated heterocycles. The SMILES string of the molecule is CC(CCc1ccco1)NC(C)C(C)(C)C. The molecule has 2 unspecified atom stereocenters. The quantitative estimate of drug-likeness (QED) is 0.824. The summed E-state index contributed by atoms with van der Waals surface area (Å²) in [6.45, 7) is 11.3. The number of hydrogen-bond donors (Lipinski definition) is 1. The van der Waals surface area contributed by atoms with Crippen molar-refractivity contribution in [3.05, 3.63) is 24.2 Å².